The van der Waals surface area contributed by atoms with Gasteiger partial charge in [-0.3, -0.25) is 14.5 Å². The maximum Gasteiger partial charge on any atom is 0.301 e. The molecule has 2 heterocycles. The van der Waals surface area contributed by atoms with E-state index < -0.39 is 17.7 Å². The number of hydrogen-bond acceptors (Lipinski definition) is 9. The number of amides is 1. The third-order valence-electron chi connectivity index (χ3n) is 7.22. The van der Waals surface area contributed by atoms with Crippen molar-refractivity contribution in [3.8, 4) is 11.5 Å². The zero-order valence-electron chi connectivity index (χ0n) is 25.5. The molecule has 45 heavy (non-hydrogen) atoms. The van der Waals surface area contributed by atoms with Gasteiger partial charge in [-0.15, -0.1) is 10.2 Å². The van der Waals surface area contributed by atoms with Crippen LogP contribution in [-0.4, -0.2) is 40.2 Å². The summed E-state index contributed by atoms with van der Waals surface area (Å²) in [5.41, 5.74) is 2.35. The van der Waals surface area contributed by atoms with Crippen molar-refractivity contribution in [1.29, 1.82) is 0 Å². The molecule has 3 aromatic carbocycles. The zero-order valence-corrected chi connectivity index (χ0v) is 27.1. The summed E-state index contributed by atoms with van der Waals surface area (Å²) in [6, 6.07) is 17.7. The summed E-state index contributed by atoms with van der Waals surface area (Å²) < 4.78 is 26.6. The van der Waals surface area contributed by atoms with Crippen molar-refractivity contribution in [2.45, 2.75) is 50.3 Å². The highest BCUT2D eigenvalue weighted by molar-refractivity contribution is 8.00. The predicted octanol–water partition coefficient (Wildman–Crippen LogP) is 7.73. The molecule has 1 saturated heterocycles. The van der Waals surface area contributed by atoms with Crippen LogP contribution < -0.4 is 14.4 Å². The lowest BCUT2D eigenvalue weighted by Crippen LogP contribution is -2.29. The summed E-state index contributed by atoms with van der Waals surface area (Å²) in [5, 5.41) is 20.1. The van der Waals surface area contributed by atoms with Crippen LogP contribution in [0.25, 0.3) is 5.76 Å². The summed E-state index contributed by atoms with van der Waals surface area (Å²) in [5.74, 6) is -0.532. The van der Waals surface area contributed by atoms with Crippen molar-refractivity contribution in [2.75, 3.05) is 18.1 Å². The lowest BCUT2D eigenvalue weighted by molar-refractivity contribution is -0.132. The van der Waals surface area contributed by atoms with Crippen molar-refractivity contribution in [2.24, 2.45) is 5.92 Å². The molecule has 0 spiro atoms. The lowest BCUT2D eigenvalue weighted by Gasteiger charge is -2.24. The van der Waals surface area contributed by atoms with Gasteiger partial charge in [-0.05, 0) is 55.5 Å². The van der Waals surface area contributed by atoms with Crippen LogP contribution in [-0.2, 0) is 15.3 Å². The van der Waals surface area contributed by atoms with Gasteiger partial charge in [0.05, 0.1) is 24.8 Å². The summed E-state index contributed by atoms with van der Waals surface area (Å²) in [4.78, 5) is 28.6. The highest BCUT2D eigenvalue weighted by atomic mass is 32.2. The van der Waals surface area contributed by atoms with Crippen molar-refractivity contribution >= 4 is 45.7 Å². The highest BCUT2D eigenvalue weighted by Crippen LogP contribution is 2.45. The number of aryl methyl sites for hydroxylation is 1. The number of aliphatic hydroxyl groups excluding tert-OH is 1. The minimum Gasteiger partial charge on any atom is -0.507 e. The van der Waals surface area contributed by atoms with Crippen molar-refractivity contribution in [1.82, 2.24) is 10.2 Å². The van der Waals surface area contributed by atoms with Gasteiger partial charge < -0.3 is 14.6 Å². The van der Waals surface area contributed by atoms with Crippen LogP contribution in [0.15, 0.2) is 76.6 Å². The number of ether oxygens (including phenoxy) is 2. The van der Waals surface area contributed by atoms with E-state index in [9.17, 15) is 19.1 Å². The number of rotatable bonds is 12. The molecular formula is C34H34FN3O5S2. The zero-order chi connectivity index (χ0) is 32.1. The molecule has 1 atom stereocenters. The molecule has 1 fully saturated rings. The average Bonchev–Trinajstić information content (AvgIpc) is 3.59. The van der Waals surface area contributed by atoms with E-state index in [2.05, 4.69) is 24.0 Å². The molecule has 0 radical (unpaired) electrons. The first kappa shape index (κ1) is 32.2. The van der Waals surface area contributed by atoms with Gasteiger partial charge >= 0.3 is 5.91 Å². The second-order valence-corrected chi connectivity index (χ2v) is 13.1. The molecule has 1 aromatic heterocycles. The van der Waals surface area contributed by atoms with E-state index in [1.165, 1.54) is 22.7 Å². The topological polar surface area (TPSA) is 102 Å². The number of halogens is 1. The summed E-state index contributed by atoms with van der Waals surface area (Å²) in [6.07, 6.45) is 0.859. The Morgan fingerprint density at radius 1 is 1.04 bits per heavy atom. The highest BCUT2D eigenvalue weighted by Gasteiger charge is 2.48. The van der Waals surface area contributed by atoms with Gasteiger partial charge in [0, 0.05) is 11.3 Å². The number of anilines is 1. The maximum absolute atomic E-state index is 14.2. The lowest BCUT2D eigenvalue weighted by atomic mass is 9.95. The molecule has 11 heteroatoms. The fourth-order valence-corrected chi connectivity index (χ4v) is 6.67. The minimum absolute atomic E-state index is 0.0736. The number of aliphatic hydroxyl groups is 1. The number of nitrogens with zero attached hydrogens (tertiary/aromatic N) is 3. The Hall–Kier alpha value is -4.22. The Bertz CT molecular complexity index is 1720. The normalized spacial score (nSPS) is 16.0. The second kappa shape index (κ2) is 14.3. The van der Waals surface area contributed by atoms with Crippen molar-refractivity contribution < 1.29 is 28.6 Å². The number of thioether (sulfide) groups is 1. The van der Waals surface area contributed by atoms with E-state index in [4.69, 9.17) is 9.47 Å². The molecule has 1 aliphatic heterocycles. The number of benzene rings is 3. The van der Waals surface area contributed by atoms with Gasteiger partial charge in [0.1, 0.15) is 11.6 Å². The molecule has 1 amide bonds. The maximum atomic E-state index is 14.2. The minimum atomic E-state index is -1.02. The Balaban J connectivity index is 1.56. The first-order chi connectivity index (χ1) is 21.7. The fraction of sp³-hybridized carbons (Fsp3) is 0.294. The van der Waals surface area contributed by atoms with Crippen LogP contribution in [0.5, 0.6) is 11.5 Å². The number of carbonyl (C=O) groups excluding carboxylic acids is 2. The molecule has 4 aromatic rings. The number of aromatic nitrogens is 2. The third-order valence-corrected chi connectivity index (χ3v) is 9.32. The molecule has 0 aliphatic carbocycles. The molecule has 1 aliphatic rings. The molecule has 5 rings (SSSR count). The number of ketones is 1. The first-order valence-corrected chi connectivity index (χ1v) is 16.4. The predicted molar refractivity (Wildman–Crippen MR) is 174 cm³/mol. The molecular weight excluding hydrogens is 614 g/mol. The van der Waals surface area contributed by atoms with E-state index in [0.717, 1.165) is 23.3 Å². The van der Waals surface area contributed by atoms with Crippen LogP contribution in [0.1, 0.15) is 55.5 Å². The number of carbonyl (C=O) groups is 2. The second-order valence-electron chi connectivity index (χ2n) is 10.9. The standard InChI is InChI=1S/C34H34FN3O5S2/c1-5-42-27-18-23(14-15-26(27)43-17-16-20(2)3)29-28(30(39)22-12-10-21(4)11-13-22)31(40)32(41)38(29)33-36-37-34(45-33)44-19-24-8-6-7-9-25(24)35/h6-15,18,20,29,39H,5,16-17,19H2,1-4H3. The van der Waals surface area contributed by atoms with Gasteiger partial charge in [0.2, 0.25) is 5.13 Å². The van der Waals surface area contributed by atoms with Crippen LogP contribution in [0.3, 0.4) is 0 Å². The molecule has 1 N–H and O–H groups in total. The third kappa shape index (κ3) is 7.20. The largest absolute Gasteiger partial charge is 0.507 e. The van der Waals surface area contributed by atoms with Gasteiger partial charge in [-0.2, -0.15) is 0 Å². The Morgan fingerprint density at radius 2 is 1.80 bits per heavy atom. The fourth-order valence-electron chi connectivity index (χ4n) is 4.81. The van der Waals surface area contributed by atoms with E-state index in [1.54, 1.807) is 48.5 Å². The summed E-state index contributed by atoms with van der Waals surface area (Å²) in [6.45, 7) is 8.87. The van der Waals surface area contributed by atoms with Gasteiger partial charge in [-0.1, -0.05) is 91.0 Å². The molecule has 234 valence electrons. The molecule has 1 unspecified atom stereocenters. The van der Waals surface area contributed by atoms with Crippen molar-refractivity contribution in [3.63, 3.8) is 0 Å². The molecule has 8 nitrogen and oxygen atoms in total. The Kier molecular flexibility index (Phi) is 10.2. The molecule has 0 bridgehead atoms. The van der Waals surface area contributed by atoms with Gasteiger partial charge in [-0.25, -0.2) is 4.39 Å². The van der Waals surface area contributed by atoms with Gasteiger partial charge in [0.25, 0.3) is 5.78 Å². The molecule has 0 saturated carbocycles. The smallest absolute Gasteiger partial charge is 0.301 e. The summed E-state index contributed by atoms with van der Waals surface area (Å²) >= 11 is 2.39. The SMILES string of the molecule is CCOc1cc(C2C(=C(O)c3ccc(C)cc3)C(=O)C(=O)N2c2nnc(SCc3ccccc3F)s2)ccc1OCCC(C)C. The monoisotopic (exact) mass is 647 g/mol. The van der Waals surface area contributed by atoms with Crippen LogP contribution in [0.2, 0.25) is 0 Å². The van der Waals surface area contributed by atoms with Gasteiger partial charge in [0.15, 0.2) is 15.8 Å². The Morgan fingerprint density at radius 3 is 2.51 bits per heavy atom. The average molecular weight is 648 g/mol. The van der Waals surface area contributed by atoms with E-state index in [0.29, 0.717) is 57.4 Å². The Labute approximate surface area is 269 Å². The van der Waals surface area contributed by atoms with E-state index >= 15 is 0 Å². The first-order valence-electron chi connectivity index (χ1n) is 14.6. The van der Waals surface area contributed by atoms with Crippen molar-refractivity contribution in [3.05, 3.63) is 100 Å². The number of Topliss-reactive ketones (excluding diaryl/α,β-unsaturated/α-hetero) is 1. The number of hydrogen-bond donors (Lipinski definition) is 1. The summed E-state index contributed by atoms with van der Waals surface area (Å²) in [7, 11) is 0. The van der Waals surface area contributed by atoms with Crippen LogP contribution >= 0.6 is 23.1 Å². The van der Waals surface area contributed by atoms with Crippen LogP contribution in [0.4, 0.5) is 9.52 Å². The van der Waals surface area contributed by atoms with Crippen LogP contribution in [0, 0.1) is 18.7 Å². The quantitative estimate of drug-likeness (QED) is 0.0548. The van der Waals surface area contributed by atoms with E-state index in [-0.39, 0.29) is 22.3 Å². The van der Waals surface area contributed by atoms with E-state index in [1.807, 2.05) is 26.0 Å².